The van der Waals surface area contributed by atoms with Gasteiger partial charge in [0.1, 0.15) is 10.7 Å². The quantitative estimate of drug-likeness (QED) is 0.696. The molecule has 0 saturated carbocycles. The number of rotatable bonds is 6. The van der Waals surface area contributed by atoms with E-state index in [9.17, 15) is 13.2 Å². The van der Waals surface area contributed by atoms with Gasteiger partial charge >= 0.3 is 5.97 Å². The molecule has 9 heteroatoms. The second kappa shape index (κ2) is 6.44. The molecule has 0 fully saturated rings. The van der Waals surface area contributed by atoms with Gasteiger partial charge in [0.2, 0.25) is 5.76 Å². The summed E-state index contributed by atoms with van der Waals surface area (Å²) in [4.78, 5) is 10.7. The molecule has 2 heterocycles. The Kier molecular flexibility index (Phi) is 4.32. The van der Waals surface area contributed by atoms with E-state index in [2.05, 4.69) is 9.82 Å². The second-order valence-electron chi connectivity index (χ2n) is 5.35. The molecule has 2 aromatic heterocycles. The fraction of sp³-hybridized carbons (Fsp3) is 0.125. The fourth-order valence-corrected chi connectivity index (χ4v) is 3.53. The summed E-state index contributed by atoms with van der Waals surface area (Å²) in [6.07, 6.45) is 2.94. The minimum absolute atomic E-state index is 0.00146. The highest BCUT2D eigenvalue weighted by Gasteiger charge is 2.24. The van der Waals surface area contributed by atoms with Crippen molar-refractivity contribution >= 4 is 21.7 Å². The van der Waals surface area contributed by atoms with Crippen molar-refractivity contribution in [1.82, 2.24) is 9.78 Å². The molecule has 0 saturated heterocycles. The smallest absolute Gasteiger partial charge is 0.371 e. The van der Waals surface area contributed by atoms with Crippen LogP contribution >= 0.6 is 0 Å². The number of benzene rings is 1. The van der Waals surface area contributed by atoms with Crippen molar-refractivity contribution in [2.24, 2.45) is 0 Å². The molecule has 0 amide bonds. The molecule has 3 rings (SSSR count). The largest absolute Gasteiger partial charge is 0.475 e. The third kappa shape index (κ3) is 3.72. The molecular weight excluding hydrogens is 346 g/mol. The predicted molar refractivity (Wildman–Crippen MR) is 89.0 cm³/mol. The number of carboxylic acid groups (broad SMARTS) is 1. The Labute approximate surface area is 143 Å². The maximum Gasteiger partial charge on any atom is 0.371 e. The van der Waals surface area contributed by atoms with Crippen molar-refractivity contribution in [3.05, 3.63) is 65.9 Å². The van der Waals surface area contributed by atoms with Crippen molar-refractivity contribution in [2.45, 2.75) is 18.4 Å². The molecule has 0 unspecified atom stereocenters. The molecule has 0 aliphatic heterocycles. The van der Waals surface area contributed by atoms with Gasteiger partial charge in [-0.05, 0) is 12.5 Å². The molecule has 8 nitrogen and oxygen atoms in total. The first kappa shape index (κ1) is 16.8. The summed E-state index contributed by atoms with van der Waals surface area (Å²) in [6.45, 7) is 1.89. The van der Waals surface area contributed by atoms with Crippen LogP contribution in [0.15, 0.2) is 58.1 Å². The standard InChI is InChI=1S/C16H15N3O5S/c1-11-15(7-14(24-11)16(20)21)25(22,23)18-13-8-17-19(10-13)9-12-5-3-2-4-6-12/h2-8,10,18H,9H2,1H3,(H,20,21). The van der Waals surface area contributed by atoms with E-state index in [1.54, 1.807) is 10.9 Å². The Balaban J connectivity index is 1.79. The summed E-state index contributed by atoms with van der Waals surface area (Å²) in [6, 6.07) is 10.6. The van der Waals surface area contributed by atoms with Gasteiger partial charge in [-0.2, -0.15) is 5.10 Å². The van der Waals surface area contributed by atoms with Crippen molar-refractivity contribution in [3.8, 4) is 0 Å². The van der Waals surface area contributed by atoms with Crippen LogP contribution in [0.2, 0.25) is 0 Å². The lowest BCUT2D eigenvalue weighted by Gasteiger charge is -2.04. The number of nitrogens with zero attached hydrogens (tertiary/aromatic N) is 2. The summed E-state index contributed by atoms with van der Waals surface area (Å²) in [5.74, 6) is -1.76. The van der Waals surface area contributed by atoms with Crippen LogP contribution in [0.3, 0.4) is 0 Å². The Bertz CT molecular complexity index is 1010. The normalized spacial score (nSPS) is 11.4. The number of hydrogen-bond acceptors (Lipinski definition) is 5. The van der Waals surface area contributed by atoms with Gasteiger partial charge in [0, 0.05) is 12.3 Å². The van der Waals surface area contributed by atoms with E-state index in [4.69, 9.17) is 9.52 Å². The first-order valence-corrected chi connectivity index (χ1v) is 8.76. The van der Waals surface area contributed by atoms with E-state index in [1.807, 2.05) is 30.3 Å². The van der Waals surface area contributed by atoms with E-state index in [1.165, 1.54) is 13.1 Å². The van der Waals surface area contributed by atoms with Crippen LogP contribution < -0.4 is 4.72 Å². The van der Waals surface area contributed by atoms with Gasteiger partial charge in [0.25, 0.3) is 10.0 Å². The topological polar surface area (TPSA) is 114 Å². The van der Waals surface area contributed by atoms with Crippen LogP contribution in [-0.2, 0) is 16.6 Å². The van der Waals surface area contributed by atoms with Crippen LogP contribution in [0.5, 0.6) is 0 Å². The molecule has 0 bridgehead atoms. The summed E-state index contributed by atoms with van der Waals surface area (Å²) in [5.41, 5.74) is 1.30. The minimum atomic E-state index is -3.98. The Morgan fingerprint density at radius 3 is 2.68 bits per heavy atom. The van der Waals surface area contributed by atoms with Crippen LogP contribution in [-0.4, -0.2) is 29.3 Å². The number of anilines is 1. The highest BCUT2D eigenvalue weighted by molar-refractivity contribution is 7.92. The van der Waals surface area contributed by atoms with E-state index in [0.29, 0.717) is 6.54 Å². The number of nitrogens with one attached hydrogen (secondary N) is 1. The molecule has 0 aliphatic rings. The lowest BCUT2D eigenvalue weighted by atomic mass is 10.2. The van der Waals surface area contributed by atoms with Crippen molar-refractivity contribution in [3.63, 3.8) is 0 Å². The van der Waals surface area contributed by atoms with E-state index >= 15 is 0 Å². The van der Waals surface area contributed by atoms with Crippen molar-refractivity contribution < 1.29 is 22.7 Å². The summed E-state index contributed by atoms with van der Waals surface area (Å²) >= 11 is 0. The molecule has 0 atom stereocenters. The number of sulfonamides is 1. The lowest BCUT2D eigenvalue weighted by molar-refractivity contribution is 0.0661. The van der Waals surface area contributed by atoms with Gasteiger partial charge in [-0.15, -0.1) is 0 Å². The predicted octanol–water partition coefficient (Wildman–Crippen LogP) is 2.33. The first-order chi connectivity index (χ1) is 11.8. The average molecular weight is 361 g/mol. The fourth-order valence-electron chi connectivity index (χ4n) is 2.32. The van der Waals surface area contributed by atoms with Gasteiger partial charge in [-0.25, -0.2) is 13.2 Å². The minimum Gasteiger partial charge on any atom is -0.475 e. The Morgan fingerprint density at radius 2 is 2.04 bits per heavy atom. The second-order valence-corrected chi connectivity index (χ2v) is 7.00. The van der Waals surface area contributed by atoms with Crippen LogP contribution in [0, 0.1) is 6.92 Å². The molecule has 3 aromatic rings. The highest BCUT2D eigenvalue weighted by Crippen LogP contribution is 2.23. The van der Waals surface area contributed by atoms with Gasteiger partial charge < -0.3 is 9.52 Å². The summed E-state index contributed by atoms with van der Waals surface area (Å²) in [7, 11) is -3.98. The number of hydrogen-bond donors (Lipinski definition) is 2. The lowest BCUT2D eigenvalue weighted by Crippen LogP contribution is -2.12. The monoisotopic (exact) mass is 361 g/mol. The van der Waals surface area contributed by atoms with E-state index in [0.717, 1.165) is 11.6 Å². The number of furan rings is 1. The zero-order chi connectivity index (χ0) is 18.0. The van der Waals surface area contributed by atoms with Crippen LogP contribution in [0.1, 0.15) is 21.9 Å². The molecule has 0 aliphatic carbocycles. The zero-order valence-electron chi connectivity index (χ0n) is 13.2. The zero-order valence-corrected chi connectivity index (χ0v) is 14.0. The molecule has 1 aromatic carbocycles. The SMILES string of the molecule is Cc1oc(C(=O)O)cc1S(=O)(=O)Nc1cnn(Cc2ccccc2)c1. The highest BCUT2D eigenvalue weighted by atomic mass is 32.2. The van der Waals surface area contributed by atoms with E-state index < -0.39 is 21.8 Å². The Morgan fingerprint density at radius 1 is 1.32 bits per heavy atom. The van der Waals surface area contributed by atoms with Crippen molar-refractivity contribution in [1.29, 1.82) is 0 Å². The number of aromatic nitrogens is 2. The van der Waals surface area contributed by atoms with Gasteiger partial charge in [0.05, 0.1) is 18.4 Å². The third-order valence-corrected chi connectivity index (χ3v) is 4.93. The molecule has 0 radical (unpaired) electrons. The molecular formula is C16H15N3O5S. The number of carboxylic acids is 1. The number of aryl methyl sites for hydroxylation is 1. The number of aromatic carboxylic acids is 1. The molecule has 25 heavy (non-hydrogen) atoms. The third-order valence-electron chi connectivity index (χ3n) is 3.45. The number of carbonyl (C=O) groups is 1. The maximum absolute atomic E-state index is 12.4. The Hall–Kier alpha value is -3.07. The van der Waals surface area contributed by atoms with Gasteiger partial charge in [-0.1, -0.05) is 30.3 Å². The molecule has 0 spiro atoms. The van der Waals surface area contributed by atoms with E-state index in [-0.39, 0.29) is 16.3 Å². The van der Waals surface area contributed by atoms with Crippen molar-refractivity contribution in [2.75, 3.05) is 4.72 Å². The van der Waals surface area contributed by atoms with Gasteiger partial charge in [0.15, 0.2) is 0 Å². The maximum atomic E-state index is 12.4. The molecule has 130 valence electrons. The first-order valence-electron chi connectivity index (χ1n) is 7.28. The molecule has 2 N–H and O–H groups in total. The van der Waals surface area contributed by atoms with Gasteiger partial charge in [-0.3, -0.25) is 9.40 Å². The van der Waals surface area contributed by atoms with Crippen LogP contribution in [0.25, 0.3) is 0 Å². The summed E-state index contributed by atoms with van der Waals surface area (Å²) < 4.78 is 33.8. The van der Waals surface area contributed by atoms with Crippen LogP contribution in [0.4, 0.5) is 5.69 Å². The summed E-state index contributed by atoms with van der Waals surface area (Å²) in [5, 5.41) is 13.0. The average Bonchev–Trinajstić information content (AvgIpc) is 3.15.